The van der Waals surface area contributed by atoms with Gasteiger partial charge in [-0.05, 0) is 50.9 Å². The van der Waals surface area contributed by atoms with Gasteiger partial charge in [0.1, 0.15) is 0 Å². The Balaban J connectivity index is 1.56. The van der Waals surface area contributed by atoms with Crippen LogP contribution in [0.5, 0.6) is 0 Å². The molecule has 0 aromatic carbocycles. The fourth-order valence-corrected chi connectivity index (χ4v) is 5.20. The summed E-state index contributed by atoms with van der Waals surface area (Å²) in [6.45, 7) is 8.21. The lowest BCUT2D eigenvalue weighted by atomic mass is 9.70. The van der Waals surface area contributed by atoms with Crippen LogP contribution in [0, 0.1) is 17.3 Å². The van der Waals surface area contributed by atoms with Crippen molar-refractivity contribution in [2.75, 3.05) is 0 Å². The van der Waals surface area contributed by atoms with E-state index in [1.165, 1.54) is 19.3 Å². The molecular formula is C21H26O4. The standard InChI is InChI=1S/C21H26O4/c1-11-12(2)20(25-19(11)23)24-10-16-14-8-13-6-5-7-21(3,4)18(13)15(14)9-17(16)22/h10,14-15,20H,5-9H2,1-4H3/b16-10+/t14-,15-,20?/m0/s1. The first-order chi connectivity index (χ1) is 11.8. The molecule has 1 fully saturated rings. The summed E-state index contributed by atoms with van der Waals surface area (Å²) in [6.07, 6.45) is 6.11. The van der Waals surface area contributed by atoms with Gasteiger partial charge >= 0.3 is 5.97 Å². The fourth-order valence-electron chi connectivity index (χ4n) is 5.20. The molecular weight excluding hydrogens is 316 g/mol. The molecule has 1 aliphatic heterocycles. The molecule has 0 saturated heterocycles. The zero-order valence-corrected chi connectivity index (χ0v) is 15.5. The Labute approximate surface area is 148 Å². The van der Waals surface area contributed by atoms with E-state index in [9.17, 15) is 9.59 Å². The van der Waals surface area contributed by atoms with E-state index in [1.807, 2.05) is 6.92 Å². The molecule has 0 radical (unpaired) electrons. The fraction of sp³-hybridized carbons (Fsp3) is 0.619. The van der Waals surface area contributed by atoms with Crippen molar-refractivity contribution in [3.05, 3.63) is 34.1 Å². The highest BCUT2D eigenvalue weighted by molar-refractivity contribution is 5.99. The van der Waals surface area contributed by atoms with Crippen LogP contribution in [0.3, 0.4) is 0 Å². The molecule has 1 unspecified atom stereocenters. The topological polar surface area (TPSA) is 52.6 Å². The Hall–Kier alpha value is -1.84. The number of ketones is 1. The lowest BCUT2D eigenvalue weighted by Gasteiger charge is -2.35. The van der Waals surface area contributed by atoms with Gasteiger partial charge in [0.2, 0.25) is 0 Å². The Morgan fingerprint density at radius 1 is 1.16 bits per heavy atom. The SMILES string of the molecule is CC1=C(C)C(O/C=C2/C(=O)C[C@@H]3C4=C(CCCC4(C)C)C[C@H]23)OC1=O. The highest BCUT2D eigenvalue weighted by Crippen LogP contribution is 2.58. The van der Waals surface area contributed by atoms with E-state index < -0.39 is 6.29 Å². The zero-order chi connectivity index (χ0) is 17.9. The van der Waals surface area contributed by atoms with Gasteiger partial charge in [0.15, 0.2) is 5.78 Å². The minimum absolute atomic E-state index is 0.186. The smallest absolute Gasteiger partial charge is 0.337 e. The molecule has 3 aliphatic carbocycles. The van der Waals surface area contributed by atoms with Crippen LogP contribution in [-0.4, -0.2) is 18.0 Å². The van der Waals surface area contributed by atoms with Crippen molar-refractivity contribution in [2.45, 2.75) is 66.1 Å². The Kier molecular flexibility index (Phi) is 3.71. The average molecular weight is 342 g/mol. The Morgan fingerprint density at radius 2 is 1.92 bits per heavy atom. The molecule has 4 aliphatic rings. The second-order valence-electron chi connectivity index (χ2n) is 8.55. The maximum atomic E-state index is 12.6. The number of carbonyl (C=O) groups is 2. The molecule has 1 saturated carbocycles. The summed E-state index contributed by atoms with van der Waals surface area (Å²) in [5.74, 6) is 0.441. The summed E-state index contributed by atoms with van der Waals surface area (Å²) < 4.78 is 10.9. The van der Waals surface area contributed by atoms with E-state index in [-0.39, 0.29) is 23.1 Å². The van der Waals surface area contributed by atoms with Gasteiger partial charge in [-0.3, -0.25) is 4.79 Å². The van der Waals surface area contributed by atoms with Gasteiger partial charge in [-0.25, -0.2) is 4.79 Å². The third-order valence-electron chi connectivity index (χ3n) is 6.62. The maximum Gasteiger partial charge on any atom is 0.337 e. The number of hydrogen-bond acceptors (Lipinski definition) is 4. The number of ether oxygens (including phenoxy) is 2. The molecule has 134 valence electrons. The van der Waals surface area contributed by atoms with Crippen LogP contribution < -0.4 is 0 Å². The summed E-state index contributed by atoms with van der Waals surface area (Å²) in [6, 6.07) is 0. The minimum atomic E-state index is -0.688. The summed E-state index contributed by atoms with van der Waals surface area (Å²) in [7, 11) is 0. The molecule has 0 spiro atoms. The number of fused-ring (bicyclic) bond motifs is 2. The van der Waals surface area contributed by atoms with Crippen molar-refractivity contribution in [1.82, 2.24) is 0 Å². The average Bonchev–Trinajstić information content (AvgIpc) is 3.12. The molecule has 0 aromatic rings. The Morgan fingerprint density at radius 3 is 2.60 bits per heavy atom. The molecule has 4 nitrogen and oxygen atoms in total. The second kappa shape index (κ2) is 5.58. The molecule has 0 N–H and O–H groups in total. The van der Waals surface area contributed by atoms with E-state index in [4.69, 9.17) is 9.47 Å². The van der Waals surface area contributed by atoms with Crippen LogP contribution in [0.15, 0.2) is 34.1 Å². The van der Waals surface area contributed by atoms with E-state index in [1.54, 1.807) is 24.3 Å². The summed E-state index contributed by atoms with van der Waals surface area (Å²) >= 11 is 0. The van der Waals surface area contributed by atoms with Crippen LogP contribution in [0.4, 0.5) is 0 Å². The van der Waals surface area contributed by atoms with E-state index in [2.05, 4.69) is 13.8 Å². The number of Topliss-reactive ketones (excluding diaryl/α,β-unsaturated/α-hetero) is 1. The molecule has 4 rings (SSSR count). The van der Waals surface area contributed by atoms with Crippen molar-refractivity contribution in [2.24, 2.45) is 17.3 Å². The first-order valence-corrected chi connectivity index (χ1v) is 9.29. The van der Waals surface area contributed by atoms with E-state index >= 15 is 0 Å². The number of cyclic esters (lactones) is 1. The lowest BCUT2D eigenvalue weighted by Crippen LogP contribution is -2.23. The Bertz CT molecular complexity index is 750. The van der Waals surface area contributed by atoms with Crippen molar-refractivity contribution >= 4 is 11.8 Å². The molecule has 25 heavy (non-hydrogen) atoms. The molecule has 0 aromatic heterocycles. The monoisotopic (exact) mass is 342 g/mol. The third-order valence-corrected chi connectivity index (χ3v) is 6.62. The summed E-state index contributed by atoms with van der Waals surface area (Å²) in [4.78, 5) is 24.2. The maximum absolute atomic E-state index is 12.6. The second-order valence-corrected chi connectivity index (χ2v) is 8.55. The molecule has 0 bridgehead atoms. The molecule has 3 atom stereocenters. The van der Waals surface area contributed by atoms with Crippen LogP contribution in [-0.2, 0) is 19.1 Å². The normalized spacial score (nSPS) is 35.4. The van der Waals surface area contributed by atoms with Gasteiger partial charge in [-0.1, -0.05) is 25.0 Å². The van der Waals surface area contributed by atoms with Crippen LogP contribution in [0.25, 0.3) is 0 Å². The number of carbonyl (C=O) groups excluding carboxylic acids is 2. The number of allylic oxidation sites excluding steroid dienone is 3. The first-order valence-electron chi connectivity index (χ1n) is 9.29. The van der Waals surface area contributed by atoms with Gasteiger partial charge in [-0.2, -0.15) is 0 Å². The summed E-state index contributed by atoms with van der Waals surface area (Å²) in [5, 5.41) is 0. The largest absolute Gasteiger partial charge is 0.458 e. The number of esters is 1. The van der Waals surface area contributed by atoms with Crippen LogP contribution >= 0.6 is 0 Å². The minimum Gasteiger partial charge on any atom is -0.458 e. The van der Waals surface area contributed by atoms with E-state index in [0.29, 0.717) is 17.9 Å². The number of hydrogen-bond donors (Lipinski definition) is 0. The van der Waals surface area contributed by atoms with Gasteiger partial charge < -0.3 is 9.47 Å². The van der Waals surface area contributed by atoms with Crippen molar-refractivity contribution in [3.63, 3.8) is 0 Å². The zero-order valence-electron chi connectivity index (χ0n) is 15.5. The van der Waals surface area contributed by atoms with Gasteiger partial charge in [-0.15, -0.1) is 0 Å². The van der Waals surface area contributed by atoms with Crippen LogP contribution in [0.1, 0.15) is 59.8 Å². The van der Waals surface area contributed by atoms with Crippen LogP contribution in [0.2, 0.25) is 0 Å². The van der Waals surface area contributed by atoms with Crippen molar-refractivity contribution in [3.8, 4) is 0 Å². The first kappa shape index (κ1) is 16.6. The van der Waals surface area contributed by atoms with Gasteiger partial charge in [0.25, 0.3) is 6.29 Å². The van der Waals surface area contributed by atoms with Crippen molar-refractivity contribution < 1.29 is 19.1 Å². The molecule has 1 heterocycles. The summed E-state index contributed by atoms with van der Waals surface area (Å²) in [5.41, 5.74) is 5.49. The van der Waals surface area contributed by atoms with Crippen molar-refractivity contribution in [1.29, 1.82) is 0 Å². The molecule has 4 heteroatoms. The molecule has 0 amide bonds. The number of rotatable bonds is 2. The lowest BCUT2D eigenvalue weighted by molar-refractivity contribution is -0.153. The predicted octanol–water partition coefficient (Wildman–Crippen LogP) is 4.22. The third kappa shape index (κ3) is 2.49. The highest BCUT2D eigenvalue weighted by Gasteiger charge is 2.50. The van der Waals surface area contributed by atoms with E-state index in [0.717, 1.165) is 17.6 Å². The quantitative estimate of drug-likeness (QED) is 0.326. The predicted molar refractivity (Wildman–Crippen MR) is 93.3 cm³/mol. The van der Waals surface area contributed by atoms with Gasteiger partial charge in [0, 0.05) is 29.1 Å². The van der Waals surface area contributed by atoms with Gasteiger partial charge in [0.05, 0.1) is 6.26 Å². The highest BCUT2D eigenvalue weighted by atomic mass is 16.7.